The smallest absolute Gasteiger partial charge is 0.394 e. The Morgan fingerprint density at radius 2 is 1.05 bits per heavy atom. The van der Waals surface area contributed by atoms with E-state index in [9.17, 15) is 9.59 Å². The summed E-state index contributed by atoms with van der Waals surface area (Å²) in [6, 6.07) is -2.24. The zero-order valence-corrected chi connectivity index (χ0v) is 10.5. The van der Waals surface area contributed by atoms with Crippen molar-refractivity contribution < 1.29 is 39.7 Å². The van der Waals surface area contributed by atoms with Crippen LogP contribution in [0.1, 0.15) is 0 Å². The first-order valence-electron chi connectivity index (χ1n) is 5.36. The molecule has 0 heterocycles. The summed E-state index contributed by atoms with van der Waals surface area (Å²) in [5, 5.41) is 35.6. The molecule has 0 aliphatic heterocycles. The molecule has 0 aliphatic rings. The lowest BCUT2D eigenvalue weighted by Crippen LogP contribution is -2.50. The molecule has 0 saturated carbocycles. The molecule has 0 spiro atoms. The van der Waals surface area contributed by atoms with Crippen LogP contribution in [-0.2, 0) is 19.3 Å². The largest absolute Gasteiger partial charge is 0.439 e. The van der Waals surface area contributed by atoms with Crippen LogP contribution in [0.3, 0.4) is 0 Å². The highest BCUT2D eigenvalue weighted by Crippen LogP contribution is 1.98. The van der Waals surface area contributed by atoms with E-state index >= 15 is 0 Å². The minimum Gasteiger partial charge on any atom is -0.394 e. The van der Waals surface area contributed by atoms with Crippen LogP contribution in [0, 0.1) is 0 Å². The van der Waals surface area contributed by atoms with Gasteiger partial charge in [-0.3, -0.25) is 0 Å². The van der Waals surface area contributed by atoms with Gasteiger partial charge in [0.1, 0.15) is 12.1 Å². The number of rotatable bonds is 8. The monoisotopic (exact) mass is 298 g/mol. The molecular formula is C8H18N4O8. The fourth-order valence-corrected chi connectivity index (χ4v) is 0.852. The van der Waals surface area contributed by atoms with E-state index in [2.05, 4.69) is 9.68 Å². The van der Waals surface area contributed by atoms with Crippen LogP contribution in [0.25, 0.3) is 0 Å². The maximum Gasteiger partial charge on any atom is 0.439 e. The van der Waals surface area contributed by atoms with E-state index in [1.807, 2.05) is 0 Å². The third-order valence-electron chi connectivity index (χ3n) is 2.11. The number of aliphatic hydroxyl groups excluding tert-OH is 4. The third kappa shape index (κ3) is 5.72. The highest BCUT2D eigenvalue weighted by Gasteiger charge is 2.28. The molecule has 12 heteroatoms. The number of hydroxylamine groups is 2. The van der Waals surface area contributed by atoms with Gasteiger partial charge in [0.25, 0.3) is 0 Å². The second-order valence-corrected chi connectivity index (χ2v) is 3.52. The van der Waals surface area contributed by atoms with Gasteiger partial charge >= 0.3 is 11.9 Å². The summed E-state index contributed by atoms with van der Waals surface area (Å²) < 4.78 is 0. The van der Waals surface area contributed by atoms with Gasteiger partial charge in [0, 0.05) is 0 Å². The maximum atomic E-state index is 11.2. The number of carbonyl (C=O) groups excluding carboxylic acids is 2. The Balaban J connectivity index is 4.38. The molecular weight excluding hydrogens is 280 g/mol. The summed E-state index contributed by atoms with van der Waals surface area (Å²) in [6.45, 7) is -2.52. The lowest BCUT2D eigenvalue weighted by molar-refractivity contribution is -0.236. The van der Waals surface area contributed by atoms with Crippen molar-refractivity contribution >= 4 is 11.9 Å². The maximum absolute atomic E-state index is 11.2. The Bertz CT molecular complexity index is 279. The Morgan fingerprint density at radius 1 is 0.800 bits per heavy atom. The van der Waals surface area contributed by atoms with Crippen LogP contribution in [0.2, 0.25) is 0 Å². The zero-order valence-electron chi connectivity index (χ0n) is 10.5. The summed E-state index contributed by atoms with van der Waals surface area (Å²) in [5.74, 6) is 7.16. The van der Waals surface area contributed by atoms with Gasteiger partial charge in [-0.2, -0.15) is 0 Å². The van der Waals surface area contributed by atoms with Gasteiger partial charge in [-0.25, -0.2) is 21.3 Å². The second-order valence-electron chi connectivity index (χ2n) is 3.52. The summed E-state index contributed by atoms with van der Waals surface area (Å²) in [5.41, 5.74) is 0. The molecule has 0 amide bonds. The van der Waals surface area contributed by atoms with Crippen molar-refractivity contribution in [3.05, 3.63) is 0 Å². The summed E-state index contributed by atoms with van der Waals surface area (Å²) in [7, 11) is 0. The predicted molar refractivity (Wildman–Crippen MR) is 60.2 cm³/mol. The van der Waals surface area contributed by atoms with Crippen LogP contribution in [0.5, 0.6) is 0 Å². The van der Waals surface area contributed by atoms with Crippen LogP contribution in [0.15, 0.2) is 0 Å². The van der Waals surface area contributed by atoms with E-state index < -0.39 is 50.4 Å². The topological polar surface area (TPSA) is 192 Å². The van der Waals surface area contributed by atoms with E-state index in [0.717, 1.165) is 0 Å². The number of hydrogen-bond donors (Lipinski definition) is 6. The fraction of sp³-hybridized carbons (Fsp3) is 0.750. The quantitative estimate of drug-likeness (QED) is 0.142. The van der Waals surface area contributed by atoms with E-state index in [4.69, 9.17) is 32.1 Å². The third-order valence-corrected chi connectivity index (χ3v) is 2.11. The molecule has 0 fully saturated rings. The molecule has 0 radical (unpaired) electrons. The van der Waals surface area contributed by atoms with Gasteiger partial charge in [0.05, 0.1) is 26.4 Å². The molecule has 8 N–H and O–H groups in total. The van der Waals surface area contributed by atoms with E-state index in [0.29, 0.717) is 0 Å². The SMILES string of the molecule is NN(OC(=O)C(=O)ON(N)C(CO)CO)C(CO)CO. The summed E-state index contributed by atoms with van der Waals surface area (Å²) >= 11 is 0. The molecule has 0 bridgehead atoms. The Kier molecular flexibility index (Phi) is 8.86. The number of hydrogen-bond acceptors (Lipinski definition) is 12. The van der Waals surface area contributed by atoms with Crippen molar-refractivity contribution in [2.24, 2.45) is 11.7 Å². The summed E-state index contributed by atoms with van der Waals surface area (Å²) in [4.78, 5) is 31.0. The highest BCUT2D eigenvalue weighted by molar-refractivity contribution is 6.29. The molecule has 0 aromatic carbocycles. The van der Waals surface area contributed by atoms with Crippen molar-refractivity contribution in [1.29, 1.82) is 0 Å². The Labute approximate surface area is 113 Å². The molecule has 0 aromatic heterocycles. The van der Waals surface area contributed by atoms with Crippen molar-refractivity contribution in [2.75, 3.05) is 26.4 Å². The fourth-order valence-electron chi connectivity index (χ4n) is 0.852. The normalized spacial score (nSPS) is 11.5. The van der Waals surface area contributed by atoms with Gasteiger partial charge in [0.2, 0.25) is 0 Å². The van der Waals surface area contributed by atoms with Crippen LogP contribution in [-0.4, -0.2) is 81.2 Å². The molecule has 0 aromatic rings. The molecule has 0 unspecified atom stereocenters. The van der Waals surface area contributed by atoms with Gasteiger partial charge < -0.3 is 30.1 Å². The van der Waals surface area contributed by atoms with Crippen LogP contribution < -0.4 is 11.7 Å². The molecule has 0 saturated heterocycles. The van der Waals surface area contributed by atoms with Gasteiger partial charge in [-0.15, -0.1) is 0 Å². The Hall–Kier alpha value is -1.38. The number of hydrazine groups is 2. The number of nitrogens with two attached hydrogens (primary N) is 2. The number of aliphatic hydroxyl groups is 4. The first-order valence-corrected chi connectivity index (χ1v) is 5.36. The van der Waals surface area contributed by atoms with Crippen LogP contribution in [0.4, 0.5) is 0 Å². The van der Waals surface area contributed by atoms with Crippen molar-refractivity contribution in [3.8, 4) is 0 Å². The molecule has 0 aliphatic carbocycles. The number of carbonyl (C=O) groups is 2. The van der Waals surface area contributed by atoms with E-state index in [1.165, 1.54) is 0 Å². The lowest BCUT2D eigenvalue weighted by atomic mass is 10.3. The van der Waals surface area contributed by atoms with Crippen molar-refractivity contribution in [3.63, 3.8) is 0 Å². The standard InChI is InChI=1S/C8H18N4O8/c9-11(5(1-13)2-14)19-7(17)8(18)20-12(10)6(3-15)4-16/h5-6,13-16H,1-4,9-10H2. The first-order chi connectivity index (χ1) is 9.40. The minimum absolute atomic E-state index is 0.278. The lowest BCUT2D eigenvalue weighted by Gasteiger charge is -2.23. The van der Waals surface area contributed by atoms with Gasteiger partial charge in [0.15, 0.2) is 0 Å². The summed E-state index contributed by atoms with van der Waals surface area (Å²) in [6.07, 6.45) is 0. The second kappa shape index (κ2) is 9.51. The van der Waals surface area contributed by atoms with Crippen LogP contribution >= 0.6 is 0 Å². The zero-order chi connectivity index (χ0) is 15.7. The molecule has 0 rings (SSSR count). The van der Waals surface area contributed by atoms with Gasteiger partial charge in [-0.1, -0.05) is 10.3 Å². The Morgan fingerprint density at radius 3 is 1.25 bits per heavy atom. The molecule has 20 heavy (non-hydrogen) atoms. The average molecular weight is 298 g/mol. The molecule has 12 nitrogen and oxygen atoms in total. The van der Waals surface area contributed by atoms with E-state index in [1.54, 1.807) is 0 Å². The highest BCUT2D eigenvalue weighted by atomic mass is 16.8. The van der Waals surface area contributed by atoms with Gasteiger partial charge in [-0.05, 0) is 0 Å². The molecule has 118 valence electrons. The minimum atomic E-state index is -1.58. The van der Waals surface area contributed by atoms with Crippen molar-refractivity contribution in [2.45, 2.75) is 12.1 Å². The average Bonchev–Trinajstić information content (AvgIpc) is 2.41. The first kappa shape index (κ1) is 18.6. The van der Waals surface area contributed by atoms with E-state index in [-0.39, 0.29) is 10.3 Å². The predicted octanol–water partition coefficient (Wildman–Crippen LogP) is -5.04. The van der Waals surface area contributed by atoms with Crippen molar-refractivity contribution in [1.82, 2.24) is 10.3 Å². The number of nitrogens with zero attached hydrogens (tertiary/aromatic N) is 2. The molecule has 0 atom stereocenters.